The van der Waals surface area contributed by atoms with Gasteiger partial charge in [0.2, 0.25) is 5.91 Å². The molecule has 0 aliphatic heterocycles. The van der Waals surface area contributed by atoms with Gasteiger partial charge in [-0.1, -0.05) is 18.2 Å². The molecular formula is C16H14N2O4S. The highest BCUT2D eigenvalue weighted by atomic mass is 32.2. The average Bonchev–Trinajstić information content (AvgIpc) is 2.83. The van der Waals surface area contributed by atoms with Gasteiger partial charge in [0.1, 0.15) is 0 Å². The molecule has 0 aliphatic carbocycles. The van der Waals surface area contributed by atoms with E-state index in [1.807, 2.05) is 0 Å². The van der Waals surface area contributed by atoms with E-state index in [1.54, 1.807) is 36.4 Å². The summed E-state index contributed by atoms with van der Waals surface area (Å²) in [6.07, 6.45) is 0. The summed E-state index contributed by atoms with van der Waals surface area (Å²) in [6.45, 7) is 1.34. The van der Waals surface area contributed by atoms with Gasteiger partial charge in [-0.05, 0) is 30.3 Å². The van der Waals surface area contributed by atoms with Crippen LogP contribution in [0.5, 0.6) is 5.88 Å². The number of aromatic hydroxyl groups is 1. The highest BCUT2D eigenvalue weighted by Crippen LogP contribution is 2.28. The number of carbonyl (C=O) groups is 1. The minimum atomic E-state index is -3.69. The molecule has 2 aromatic carbocycles. The SMILES string of the molecule is CC(=O)n1c(O)cc2cc(NS(=O)(=O)c3ccccc3)ccc21. The van der Waals surface area contributed by atoms with E-state index >= 15 is 0 Å². The number of nitrogens with one attached hydrogen (secondary N) is 1. The molecule has 0 saturated heterocycles. The highest BCUT2D eigenvalue weighted by Gasteiger charge is 2.15. The van der Waals surface area contributed by atoms with E-state index in [-0.39, 0.29) is 16.7 Å². The molecule has 0 aliphatic rings. The predicted octanol–water partition coefficient (Wildman–Crippen LogP) is 2.81. The molecule has 0 bridgehead atoms. The molecular weight excluding hydrogens is 316 g/mol. The Morgan fingerprint density at radius 2 is 1.78 bits per heavy atom. The van der Waals surface area contributed by atoms with Crippen LogP contribution in [-0.2, 0) is 10.0 Å². The third kappa shape index (κ3) is 2.78. The molecule has 1 aromatic heterocycles. The van der Waals surface area contributed by atoms with E-state index in [0.717, 1.165) is 4.57 Å². The summed E-state index contributed by atoms with van der Waals surface area (Å²) in [5, 5.41) is 10.4. The van der Waals surface area contributed by atoms with Crippen LogP contribution in [-0.4, -0.2) is 24.0 Å². The first-order valence-electron chi connectivity index (χ1n) is 6.82. The van der Waals surface area contributed by atoms with Gasteiger partial charge in [-0.2, -0.15) is 0 Å². The molecule has 2 N–H and O–H groups in total. The molecule has 0 radical (unpaired) electrons. The summed E-state index contributed by atoms with van der Waals surface area (Å²) in [5.41, 5.74) is 0.861. The second-order valence-corrected chi connectivity index (χ2v) is 6.73. The molecule has 0 saturated carbocycles. The zero-order valence-electron chi connectivity index (χ0n) is 12.2. The van der Waals surface area contributed by atoms with Crippen molar-refractivity contribution in [3.8, 4) is 5.88 Å². The van der Waals surface area contributed by atoms with E-state index in [0.29, 0.717) is 16.6 Å². The van der Waals surface area contributed by atoms with Gasteiger partial charge in [-0.3, -0.25) is 14.1 Å². The number of aromatic nitrogens is 1. The maximum absolute atomic E-state index is 12.3. The minimum Gasteiger partial charge on any atom is -0.494 e. The number of benzene rings is 2. The van der Waals surface area contributed by atoms with Gasteiger partial charge in [0.05, 0.1) is 10.4 Å². The van der Waals surface area contributed by atoms with E-state index in [1.165, 1.54) is 25.1 Å². The van der Waals surface area contributed by atoms with Crippen molar-refractivity contribution in [2.24, 2.45) is 0 Å². The van der Waals surface area contributed by atoms with Crippen LogP contribution in [0, 0.1) is 0 Å². The zero-order chi connectivity index (χ0) is 16.6. The third-order valence-corrected chi connectivity index (χ3v) is 4.80. The van der Waals surface area contributed by atoms with Gasteiger partial charge in [0.25, 0.3) is 10.0 Å². The van der Waals surface area contributed by atoms with Crippen molar-refractivity contribution >= 4 is 32.5 Å². The fourth-order valence-electron chi connectivity index (χ4n) is 2.41. The molecule has 118 valence electrons. The van der Waals surface area contributed by atoms with E-state index in [4.69, 9.17) is 0 Å². The van der Waals surface area contributed by atoms with Crippen LogP contribution in [0.3, 0.4) is 0 Å². The van der Waals surface area contributed by atoms with E-state index < -0.39 is 10.0 Å². The summed E-state index contributed by atoms with van der Waals surface area (Å²) >= 11 is 0. The van der Waals surface area contributed by atoms with Crippen molar-refractivity contribution in [3.05, 3.63) is 54.6 Å². The number of nitrogens with zero attached hydrogens (tertiary/aromatic N) is 1. The van der Waals surface area contributed by atoms with Crippen molar-refractivity contribution in [3.63, 3.8) is 0 Å². The van der Waals surface area contributed by atoms with Gasteiger partial charge >= 0.3 is 0 Å². The lowest BCUT2D eigenvalue weighted by molar-refractivity contribution is 0.0933. The van der Waals surface area contributed by atoms with Crippen LogP contribution in [0.4, 0.5) is 5.69 Å². The Morgan fingerprint density at radius 1 is 1.09 bits per heavy atom. The summed E-state index contributed by atoms with van der Waals surface area (Å²) in [7, 11) is -3.69. The van der Waals surface area contributed by atoms with Crippen LogP contribution in [0.2, 0.25) is 0 Å². The normalized spacial score (nSPS) is 11.5. The molecule has 0 amide bonds. The van der Waals surface area contributed by atoms with Gasteiger partial charge in [-0.25, -0.2) is 8.42 Å². The molecule has 23 heavy (non-hydrogen) atoms. The Kier molecular flexibility index (Phi) is 3.57. The Labute approximate surface area is 133 Å². The smallest absolute Gasteiger partial charge is 0.261 e. The number of anilines is 1. The Morgan fingerprint density at radius 3 is 2.43 bits per heavy atom. The molecule has 0 unspecified atom stereocenters. The quantitative estimate of drug-likeness (QED) is 0.773. The Hall–Kier alpha value is -2.80. The molecule has 3 rings (SSSR count). The van der Waals surface area contributed by atoms with Crippen LogP contribution in [0.15, 0.2) is 59.5 Å². The Balaban J connectivity index is 2.01. The largest absolute Gasteiger partial charge is 0.494 e. The second-order valence-electron chi connectivity index (χ2n) is 5.05. The maximum Gasteiger partial charge on any atom is 0.261 e. The van der Waals surface area contributed by atoms with Crippen molar-refractivity contribution in [2.75, 3.05) is 4.72 Å². The predicted molar refractivity (Wildman–Crippen MR) is 87.2 cm³/mol. The summed E-state index contributed by atoms with van der Waals surface area (Å²) < 4.78 is 28.2. The van der Waals surface area contributed by atoms with E-state index in [9.17, 15) is 18.3 Å². The summed E-state index contributed by atoms with van der Waals surface area (Å²) in [6, 6.07) is 14.1. The number of fused-ring (bicyclic) bond motifs is 1. The number of carbonyl (C=O) groups excluding carboxylic acids is 1. The fourth-order valence-corrected chi connectivity index (χ4v) is 3.48. The lowest BCUT2D eigenvalue weighted by Crippen LogP contribution is -2.12. The lowest BCUT2D eigenvalue weighted by atomic mass is 10.2. The van der Waals surface area contributed by atoms with Crippen LogP contribution in [0.1, 0.15) is 11.7 Å². The highest BCUT2D eigenvalue weighted by molar-refractivity contribution is 7.92. The van der Waals surface area contributed by atoms with Crippen molar-refractivity contribution in [1.29, 1.82) is 0 Å². The zero-order valence-corrected chi connectivity index (χ0v) is 13.0. The molecule has 6 nitrogen and oxygen atoms in total. The number of hydrogen-bond donors (Lipinski definition) is 2. The lowest BCUT2D eigenvalue weighted by Gasteiger charge is -2.08. The number of rotatable bonds is 3. The Bertz CT molecular complexity index is 992. The maximum atomic E-state index is 12.3. The number of hydrogen-bond acceptors (Lipinski definition) is 4. The van der Waals surface area contributed by atoms with Crippen molar-refractivity contribution in [1.82, 2.24) is 4.57 Å². The first-order valence-corrected chi connectivity index (χ1v) is 8.30. The van der Waals surface area contributed by atoms with Crippen molar-refractivity contribution < 1.29 is 18.3 Å². The third-order valence-electron chi connectivity index (χ3n) is 3.40. The molecule has 0 fully saturated rings. The monoisotopic (exact) mass is 330 g/mol. The van der Waals surface area contributed by atoms with Gasteiger partial charge < -0.3 is 5.11 Å². The summed E-state index contributed by atoms with van der Waals surface area (Å²) in [5.74, 6) is -0.509. The topological polar surface area (TPSA) is 88.4 Å². The van der Waals surface area contributed by atoms with Gasteiger partial charge in [-0.15, -0.1) is 0 Å². The molecule has 0 atom stereocenters. The first kappa shape index (κ1) is 15.1. The first-order chi connectivity index (χ1) is 10.9. The summed E-state index contributed by atoms with van der Waals surface area (Å²) in [4.78, 5) is 11.7. The second kappa shape index (κ2) is 5.44. The van der Waals surface area contributed by atoms with Crippen LogP contribution < -0.4 is 4.72 Å². The van der Waals surface area contributed by atoms with Crippen LogP contribution >= 0.6 is 0 Å². The molecule has 1 heterocycles. The van der Waals surface area contributed by atoms with Gasteiger partial charge in [0, 0.05) is 24.1 Å². The molecule has 7 heteroatoms. The molecule has 0 spiro atoms. The average molecular weight is 330 g/mol. The standard InChI is InChI=1S/C16H14N2O4S/c1-11(19)18-15-8-7-13(9-12(15)10-16(18)20)17-23(21,22)14-5-3-2-4-6-14/h2-10,17,20H,1H3. The van der Waals surface area contributed by atoms with E-state index in [2.05, 4.69) is 4.72 Å². The van der Waals surface area contributed by atoms with Gasteiger partial charge in [0.15, 0.2) is 5.88 Å². The minimum absolute atomic E-state index is 0.157. The van der Waals surface area contributed by atoms with Crippen LogP contribution in [0.25, 0.3) is 10.9 Å². The van der Waals surface area contributed by atoms with Crippen molar-refractivity contribution in [2.45, 2.75) is 11.8 Å². The fraction of sp³-hybridized carbons (Fsp3) is 0.0625. The number of sulfonamides is 1. The molecule has 3 aromatic rings.